The van der Waals surface area contributed by atoms with Gasteiger partial charge in [0.2, 0.25) is 0 Å². The van der Waals surface area contributed by atoms with Gasteiger partial charge in [-0.15, -0.1) is 0 Å². The van der Waals surface area contributed by atoms with E-state index in [9.17, 15) is 14.9 Å². The Bertz CT molecular complexity index is 974. The monoisotopic (exact) mass is 437 g/mol. The lowest BCUT2D eigenvalue weighted by molar-refractivity contribution is -0.139. The van der Waals surface area contributed by atoms with Gasteiger partial charge < -0.3 is 15.2 Å². The van der Waals surface area contributed by atoms with E-state index in [0.717, 1.165) is 5.71 Å². The summed E-state index contributed by atoms with van der Waals surface area (Å²) in [5.74, 6) is -1.17. The molecule has 1 aromatic rings. The van der Waals surface area contributed by atoms with Gasteiger partial charge in [-0.25, -0.2) is 4.79 Å². The van der Waals surface area contributed by atoms with E-state index in [2.05, 4.69) is 19.9 Å². The summed E-state index contributed by atoms with van der Waals surface area (Å²) >= 11 is 0. The summed E-state index contributed by atoms with van der Waals surface area (Å²) in [5, 5.41) is 9.76. The average Bonchev–Trinajstić information content (AvgIpc) is 2.78. The Morgan fingerprint density at radius 1 is 1.28 bits per heavy atom. The van der Waals surface area contributed by atoms with Gasteiger partial charge >= 0.3 is 5.97 Å². The van der Waals surface area contributed by atoms with Crippen LogP contribution in [0, 0.1) is 29.1 Å². The molecule has 1 heterocycles. The maximum Gasteiger partial charge on any atom is 0.336 e. The topological polar surface area (TPSA) is 115 Å². The number of carbonyl (C=O) groups excluding carboxylic acids is 2. The summed E-state index contributed by atoms with van der Waals surface area (Å²) in [7, 11) is 0. The molecule has 3 rings (SSSR count). The fourth-order valence-electron chi connectivity index (χ4n) is 4.60. The molecule has 2 aliphatic rings. The largest absolute Gasteiger partial charge is 0.463 e. The minimum Gasteiger partial charge on any atom is -0.463 e. The number of nitrogens with two attached hydrogens (primary N) is 1. The van der Waals surface area contributed by atoms with Crippen LogP contribution in [0.25, 0.3) is 0 Å². The number of aliphatic imine (C=N–C) groups is 1. The standard InChI is InChI=1S/C25H31N3O4/c1-4-32-25(30)24-20(14-31-10-9-26)28-19-11-17(15(2)3)12-21(29)23(19)22(24)18-8-6-5-7-16(18)13-27/h5-8,15,17,22-23H,4,9-12,14,26H2,1-3H3. The number of ether oxygens (including phenoxy) is 2. The number of fused-ring (bicyclic) bond motifs is 1. The Balaban J connectivity index is 2.21. The Hall–Kier alpha value is -2.82. The molecular formula is C25H31N3O4. The second-order valence-electron chi connectivity index (χ2n) is 8.56. The fraction of sp³-hybridized carbons (Fsp3) is 0.520. The number of benzene rings is 1. The third-order valence-electron chi connectivity index (χ3n) is 6.23. The molecule has 1 aromatic carbocycles. The van der Waals surface area contributed by atoms with Crippen molar-refractivity contribution in [2.24, 2.45) is 28.5 Å². The fourth-order valence-corrected chi connectivity index (χ4v) is 4.60. The zero-order valence-corrected chi connectivity index (χ0v) is 19.0. The molecule has 7 heteroatoms. The predicted octanol–water partition coefficient (Wildman–Crippen LogP) is 3.14. The van der Waals surface area contributed by atoms with Crippen LogP contribution < -0.4 is 5.73 Å². The van der Waals surface area contributed by atoms with Crippen LogP contribution in [-0.4, -0.2) is 43.8 Å². The lowest BCUT2D eigenvalue weighted by atomic mass is 9.65. The van der Waals surface area contributed by atoms with Gasteiger partial charge in [-0.3, -0.25) is 9.79 Å². The summed E-state index contributed by atoms with van der Waals surface area (Å²) in [6.45, 7) is 6.89. The molecular weight excluding hydrogens is 406 g/mol. The van der Waals surface area contributed by atoms with Gasteiger partial charge in [0.1, 0.15) is 5.78 Å². The highest BCUT2D eigenvalue weighted by Crippen LogP contribution is 2.46. The van der Waals surface area contributed by atoms with E-state index >= 15 is 0 Å². The van der Waals surface area contributed by atoms with Crippen LogP contribution in [0.2, 0.25) is 0 Å². The number of Topliss-reactive ketones (excluding diaryl/α,β-unsaturated/α-hetero) is 1. The summed E-state index contributed by atoms with van der Waals surface area (Å²) in [4.78, 5) is 31.4. The Labute approximate surface area is 189 Å². The zero-order chi connectivity index (χ0) is 23.3. The molecule has 1 fully saturated rings. The normalized spacial score (nSPS) is 22.9. The van der Waals surface area contributed by atoms with Gasteiger partial charge in [-0.05, 0) is 36.8 Å². The number of hydrogen-bond donors (Lipinski definition) is 1. The molecule has 3 atom stereocenters. The van der Waals surface area contributed by atoms with Gasteiger partial charge in [-0.1, -0.05) is 32.0 Å². The molecule has 0 spiro atoms. The Morgan fingerprint density at radius 3 is 2.69 bits per heavy atom. The van der Waals surface area contributed by atoms with E-state index in [4.69, 9.17) is 20.2 Å². The summed E-state index contributed by atoms with van der Waals surface area (Å²) in [6.07, 6.45) is 1.11. The smallest absolute Gasteiger partial charge is 0.336 e. The van der Waals surface area contributed by atoms with Crippen molar-refractivity contribution >= 4 is 17.5 Å². The van der Waals surface area contributed by atoms with Crippen LogP contribution in [0.5, 0.6) is 0 Å². The second-order valence-corrected chi connectivity index (χ2v) is 8.56. The van der Waals surface area contributed by atoms with Crippen LogP contribution in [0.15, 0.2) is 40.5 Å². The second kappa shape index (κ2) is 10.7. The van der Waals surface area contributed by atoms with E-state index in [1.807, 2.05) is 12.1 Å². The van der Waals surface area contributed by atoms with Crippen molar-refractivity contribution in [1.82, 2.24) is 0 Å². The molecule has 2 N–H and O–H groups in total. The van der Waals surface area contributed by atoms with E-state index in [1.165, 1.54) is 0 Å². The molecule has 0 radical (unpaired) electrons. The van der Waals surface area contributed by atoms with Gasteiger partial charge in [-0.2, -0.15) is 5.26 Å². The summed E-state index contributed by atoms with van der Waals surface area (Å²) < 4.78 is 11.0. The maximum atomic E-state index is 13.4. The van der Waals surface area contributed by atoms with Gasteiger partial charge in [0.15, 0.2) is 0 Å². The van der Waals surface area contributed by atoms with Gasteiger partial charge in [0.25, 0.3) is 0 Å². The molecule has 1 aliphatic carbocycles. The molecule has 0 aromatic heterocycles. The van der Waals surface area contributed by atoms with Crippen LogP contribution in [-0.2, 0) is 19.1 Å². The zero-order valence-electron chi connectivity index (χ0n) is 19.0. The minimum absolute atomic E-state index is 0.0511. The summed E-state index contributed by atoms with van der Waals surface area (Å²) in [5.41, 5.74) is 8.16. The van der Waals surface area contributed by atoms with E-state index < -0.39 is 17.8 Å². The molecule has 7 nitrogen and oxygen atoms in total. The van der Waals surface area contributed by atoms with Crippen molar-refractivity contribution in [3.63, 3.8) is 0 Å². The maximum absolute atomic E-state index is 13.4. The first-order valence-electron chi connectivity index (χ1n) is 11.2. The van der Waals surface area contributed by atoms with Crippen molar-refractivity contribution in [2.75, 3.05) is 26.4 Å². The number of ketones is 1. The molecule has 32 heavy (non-hydrogen) atoms. The van der Waals surface area contributed by atoms with Gasteiger partial charge in [0.05, 0.1) is 48.6 Å². The third-order valence-corrected chi connectivity index (χ3v) is 6.23. The molecule has 1 saturated carbocycles. The first-order valence-corrected chi connectivity index (χ1v) is 11.2. The lowest BCUT2D eigenvalue weighted by Crippen LogP contribution is -2.43. The summed E-state index contributed by atoms with van der Waals surface area (Å²) in [6, 6.07) is 9.33. The van der Waals surface area contributed by atoms with E-state index in [-0.39, 0.29) is 24.9 Å². The van der Waals surface area contributed by atoms with Crippen molar-refractivity contribution in [1.29, 1.82) is 5.26 Å². The quantitative estimate of drug-likeness (QED) is 0.493. The van der Waals surface area contributed by atoms with E-state index in [1.54, 1.807) is 19.1 Å². The molecule has 0 saturated heterocycles. The number of nitrogens with zero attached hydrogens (tertiary/aromatic N) is 2. The minimum atomic E-state index is -0.630. The SMILES string of the molecule is CCOC(=O)C1=C(COCCN)N=C2CC(C(C)C)CC(=O)C2C1c1ccccc1C#N. The number of nitriles is 1. The van der Waals surface area contributed by atoms with Gasteiger partial charge in [0, 0.05) is 24.6 Å². The highest BCUT2D eigenvalue weighted by atomic mass is 16.5. The van der Waals surface area contributed by atoms with Crippen molar-refractivity contribution in [2.45, 2.75) is 39.5 Å². The van der Waals surface area contributed by atoms with Crippen LogP contribution in [0.1, 0.15) is 50.7 Å². The van der Waals surface area contributed by atoms with Crippen LogP contribution >= 0.6 is 0 Å². The van der Waals surface area contributed by atoms with Crippen molar-refractivity contribution < 1.29 is 19.1 Å². The average molecular weight is 438 g/mol. The number of rotatable bonds is 8. The first-order chi connectivity index (χ1) is 15.4. The molecule has 0 bridgehead atoms. The number of hydrogen-bond acceptors (Lipinski definition) is 7. The van der Waals surface area contributed by atoms with Crippen molar-refractivity contribution in [3.8, 4) is 6.07 Å². The molecule has 1 aliphatic heterocycles. The van der Waals surface area contributed by atoms with Crippen LogP contribution in [0.3, 0.4) is 0 Å². The lowest BCUT2D eigenvalue weighted by Gasteiger charge is -2.39. The van der Waals surface area contributed by atoms with Crippen molar-refractivity contribution in [3.05, 3.63) is 46.7 Å². The first kappa shape index (κ1) is 23.8. The highest BCUT2D eigenvalue weighted by molar-refractivity contribution is 6.12. The van der Waals surface area contributed by atoms with E-state index in [0.29, 0.717) is 54.3 Å². The highest BCUT2D eigenvalue weighted by Gasteiger charge is 2.47. The molecule has 0 amide bonds. The number of esters is 1. The molecule has 170 valence electrons. The number of carbonyl (C=O) groups is 2. The predicted molar refractivity (Wildman–Crippen MR) is 121 cm³/mol. The van der Waals surface area contributed by atoms with Crippen LogP contribution in [0.4, 0.5) is 0 Å². The Kier molecular flexibility index (Phi) is 7.94. The molecule has 3 unspecified atom stereocenters. The Morgan fingerprint density at radius 2 is 2.03 bits per heavy atom. The third kappa shape index (κ3) is 4.82.